The van der Waals surface area contributed by atoms with Crippen LogP contribution in [0.4, 0.5) is 5.69 Å². The van der Waals surface area contributed by atoms with Crippen LogP contribution >= 0.6 is 0 Å². The van der Waals surface area contributed by atoms with Gasteiger partial charge in [0.15, 0.2) is 0 Å². The molecule has 1 aromatic rings. The Labute approximate surface area is 117 Å². The molecule has 0 spiro atoms. The molecule has 0 radical (unpaired) electrons. The summed E-state index contributed by atoms with van der Waals surface area (Å²) < 4.78 is 0. The highest BCUT2D eigenvalue weighted by Gasteiger charge is 2.36. The highest BCUT2D eigenvalue weighted by molar-refractivity contribution is 6.52. The zero-order chi connectivity index (χ0) is 14.7. The molecule has 1 amide bonds. The van der Waals surface area contributed by atoms with Crippen molar-refractivity contribution in [2.24, 2.45) is 5.92 Å². The van der Waals surface area contributed by atoms with Gasteiger partial charge in [0.25, 0.3) is 17.7 Å². The number of carboxylic acid groups (broad SMARTS) is 1. The van der Waals surface area contributed by atoms with E-state index < -0.39 is 5.97 Å². The first-order valence-electron chi connectivity index (χ1n) is 6.65. The highest BCUT2D eigenvalue weighted by Crippen LogP contribution is 2.35. The average molecular weight is 275 g/mol. The number of nitrogens with zero attached hydrogens (tertiary/aromatic N) is 1. The lowest BCUT2D eigenvalue weighted by Gasteiger charge is -2.15. The van der Waals surface area contributed by atoms with E-state index in [0.717, 1.165) is 24.9 Å². The lowest BCUT2D eigenvalue weighted by atomic mass is 10.1. The number of anilines is 1. The van der Waals surface area contributed by atoms with Crippen molar-refractivity contribution in [1.82, 2.24) is 0 Å². The van der Waals surface area contributed by atoms with Crippen LogP contribution in [0.5, 0.6) is 0 Å². The third kappa shape index (κ3) is 3.23. The number of ketones is 1. The summed E-state index contributed by atoms with van der Waals surface area (Å²) in [6.45, 7) is 1.77. The van der Waals surface area contributed by atoms with Gasteiger partial charge in [-0.25, -0.2) is 0 Å². The molecule has 20 heavy (non-hydrogen) atoms. The topological polar surface area (TPSA) is 74.7 Å². The number of fused-ring (bicyclic) bond motifs is 1. The van der Waals surface area contributed by atoms with Gasteiger partial charge in [0.2, 0.25) is 0 Å². The molecule has 1 N–H and O–H groups in total. The third-order valence-corrected chi connectivity index (χ3v) is 3.34. The predicted molar refractivity (Wildman–Crippen MR) is 73.8 cm³/mol. The van der Waals surface area contributed by atoms with Crippen LogP contribution in [-0.4, -0.2) is 29.3 Å². The molecule has 2 aliphatic rings. The van der Waals surface area contributed by atoms with Crippen LogP contribution in [0, 0.1) is 5.92 Å². The largest absolute Gasteiger partial charge is 0.481 e. The number of Topliss-reactive ketones (excluding diaryl/α,β-unsaturated/α-hetero) is 1. The van der Waals surface area contributed by atoms with Crippen molar-refractivity contribution >= 4 is 23.3 Å². The maximum absolute atomic E-state index is 11.8. The van der Waals surface area contributed by atoms with Crippen LogP contribution in [0.1, 0.15) is 36.5 Å². The minimum atomic E-state index is -0.833. The van der Waals surface area contributed by atoms with E-state index in [1.54, 1.807) is 17.0 Å². The monoisotopic (exact) mass is 275 g/mol. The summed E-state index contributed by atoms with van der Waals surface area (Å²) in [6.07, 6.45) is 3.57. The van der Waals surface area contributed by atoms with Gasteiger partial charge in [0, 0.05) is 13.5 Å². The number of hydrogen-bond acceptors (Lipinski definition) is 3. The van der Waals surface area contributed by atoms with Crippen molar-refractivity contribution in [3.63, 3.8) is 0 Å². The van der Waals surface area contributed by atoms with E-state index in [4.69, 9.17) is 9.90 Å². The molecule has 0 saturated heterocycles. The van der Waals surface area contributed by atoms with E-state index in [0.29, 0.717) is 12.1 Å². The normalized spacial score (nSPS) is 16.6. The summed E-state index contributed by atoms with van der Waals surface area (Å²) in [5.41, 5.74) is 1.35. The molecule has 0 unspecified atom stereocenters. The standard InChI is InChI=1S/C13H13NO2.C2H4O2/c15-12-10-3-1-2-4-11(10)14(13(12)16)8-7-9-5-6-9;1-2(3)4/h1-4,9H,5-8H2;1H3,(H,3,4). The van der Waals surface area contributed by atoms with Crippen molar-refractivity contribution in [2.75, 3.05) is 11.4 Å². The van der Waals surface area contributed by atoms with Gasteiger partial charge in [-0.15, -0.1) is 0 Å². The second kappa shape index (κ2) is 5.86. The Morgan fingerprint density at radius 3 is 2.50 bits per heavy atom. The number of benzene rings is 1. The quantitative estimate of drug-likeness (QED) is 0.857. The van der Waals surface area contributed by atoms with Crippen LogP contribution in [0.3, 0.4) is 0 Å². The second-order valence-electron chi connectivity index (χ2n) is 5.05. The van der Waals surface area contributed by atoms with E-state index in [2.05, 4.69) is 0 Å². The van der Waals surface area contributed by atoms with Gasteiger partial charge in [0.1, 0.15) is 0 Å². The van der Waals surface area contributed by atoms with Gasteiger partial charge >= 0.3 is 0 Å². The molecule has 5 heteroatoms. The van der Waals surface area contributed by atoms with Crippen molar-refractivity contribution in [3.8, 4) is 0 Å². The molecule has 0 atom stereocenters. The first-order valence-corrected chi connectivity index (χ1v) is 6.65. The molecular formula is C15H17NO4. The van der Waals surface area contributed by atoms with E-state index in [1.165, 1.54) is 12.8 Å². The number of carboxylic acids is 1. The van der Waals surface area contributed by atoms with Crippen molar-refractivity contribution < 1.29 is 19.5 Å². The molecule has 1 saturated carbocycles. The molecule has 1 fully saturated rings. The van der Waals surface area contributed by atoms with Crippen LogP contribution in [-0.2, 0) is 9.59 Å². The predicted octanol–water partition coefficient (Wildman–Crippen LogP) is 2.11. The maximum atomic E-state index is 11.8. The first kappa shape index (κ1) is 14.2. The zero-order valence-electron chi connectivity index (χ0n) is 11.3. The molecule has 1 heterocycles. The average Bonchev–Trinajstić information content (AvgIpc) is 3.18. The Morgan fingerprint density at radius 2 is 1.90 bits per heavy atom. The minimum absolute atomic E-state index is 0.355. The lowest BCUT2D eigenvalue weighted by Crippen LogP contribution is -2.30. The van der Waals surface area contributed by atoms with E-state index in [-0.39, 0.29) is 11.7 Å². The van der Waals surface area contributed by atoms with Gasteiger partial charge in [0.05, 0.1) is 11.3 Å². The van der Waals surface area contributed by atoms with Crippen LogP contribution in [0.2, 0.25) is 0 Å². The summed E-state index contributed by atoms with van der Waals surface area (Å²) in [5.74, 6) is -0.774. The molecule has 0 bridgehead atoms. The number of amides is 1. The van der Waals surface area contributed by atoms with Gasteiger partial charge in [-0.1, -0.05) is 25.0 Å². The summed E-state index contributed by atoms with van der Waals surface area (Å²) in [5, 5.41) is 7.42. The van der Waals surface area contributed by atoms with Crippen molar-refractivity contribution in [3.05, 3.63) is 29.8 Å². The number of carbonyl (C=O) groups is 3. The van der Waals surface area contributed by atoms with E-state index >= 15 is 0 Å². The molecule has 3 rings (SSSR count). The molecule has 1 aliphatic carbocycles. The molecule has 1 aromatic carbocycles. The fourth-order valence-corrected chi connectivity index (χ4v) is 2.19. The van der Waals surface area contributed by atoms with E-state index in [9.17, 15) is 9.59 Å². The molecular weight excluding hydrogens is 258 g/mol. The fraction of sp³-hybridized carbons (Fsp3) is 0.400. The minimum Gasteiger partial charge on any atom is -0.481 e. The first-order chi connectivity index (χ1) is 9.50. The van der Waals surface area contributed by atoms with E-state index in [1.807, 2.05) is 12.1 Å². The zero-order valence-corrected chi connectivity index (χ0v) is 11.3. The van der Waals surface area contributed by atoms with Gasteiger partial charge < -0.3 is 10.0 Å². The Hall–Kier alpha value is -2.17. The lowest BCUT2D eigenvalue weighted by molar-refractivity contribution is -0.134. The second-order valence-corrected chi connectivity index (χ2v) is 5.05. The third-order valence-electron chi connectivity index (χ3n) is 3.34. The summed E-state index contributed by atoms with van der Waals surface area (Å²) in [4.78, 5) is 34.1. The highest BCUT2D eigenvalue weighted by atomic mass is 16.4. The van der Waals surface area contributed by atoms with Gasteiger partial charge in [-0.2, -0.15) is 0 Å². The Kier molecular flexibility index (Phi) is 4.17. The van der Waals surface area contributed by atoms with Gasteiger partial charge in [-0.3, -0.25) is 14.4 Å². The number of aliphatic carboxylic acids is 1. The summed E-state index contributed by atoms with van der Waals surface area (Å²) in [7, 11) is 0. The summed E-state index contributed by atoms with van der Waals surface area (Å²) >= 11 is 0. The Bertz CT molecular complexity index is 545. The number of carbonyl (C=O) groups excluding carboxylic acids is 2. The Balaban J connectivity index is 0.000000328. The SMILES string of the molecule is CC(=O)O.O=C1C(=O)N(CCC2CC2)c2ccccc21. The molecule has 5 nitrogen and oxygen atoms in total. The number of rotatable bonds is 3. The molecule has 1 aliphatic heterocycles. The van der Waals surface area contributed by atoms with Crippen molar-refractivity contribution in [1.29, 1.82) is 0 Å². The molecule has 0 aromatic heterocycles. The van der Waals surface area contributed by atoms with Crippen LogP contribution < -0.4 is 4.90 Å². The van der Waals surface area contributed by atoms with Crippen molar-refractivity contribution in [2.45, 2.75) is 26.2 Å². The van der Waals surface area contributed by atoms with Crippen LogP contribution in [0.15, 0.2) is 24.3 Å². The summed E-state index contributed by atoms with van der Waals surface area (Å²) in [6, 6.07) is 7.25. The maximum Gasteiger partial charge on any atom is 0.300 e. The fourth-order valence-electron chi connectivity index (χ4n) is 2.19. The van der Waals surface area contributed by atoms with Crippen LogP contribution in [0.25, 0.3) is 0 Å². The number of para-hydroxylation sites is 1. The Morgan fingerprint density at radius 1 is 1.30 bits per heavy atom. The van der Waals surface area contributed by atoms with Gasteiger partial charge in [-0.05, 0) is 24.5 Å². The smallest absolute Gasteiger partial charge is 0.300 e. The number of hydrogen-bond donors (Lipinski definition) is 1. The molecule has 106 valence electrons.